The van der Waals surface area contributed by atoms with Crippen molar-refractivity contribution in [3.05, 3.63) is 45.3 Å². The molecular formula is C10H10ClN3OS. The number of nitrogens with zero attached hydrogens (tertiary/aromatic N) is 2. The van der Waals surface area contributed by atoms with Gasteiger partial charge in [-0.25, -0.2) is 9.89 Å². The van der Waals surface area contributed by atoms with Crippen LogP contribution in [0.4, 0.5) is 0 Å². The third-order valence-electron chi connectivity index (χ3n) is 2.15. The minimum Gasteiger partial charge on any atom is -0.273 e. The first-order valence-corrected chi connectivity index (χ1v) is 6.02. The SMILES string of the molecule is Cn1c(SCc2ccccc2Cl)n[nH]c1=O. The molecule has 4 nitrogen and oxygen atoms in total. The van der Waals surface area contributed by atoms with Gasteiger partial charge in [0.1, 0.15) is 0 Å². The molecule has 0 amide bonds. The minimum absolute atomic E-state index is 0.207. The smallest absolute Gasteiger partial charge is 0.273 e. The number of aromatic amines is 1. The maximum atomic E-state index is 11.1. The first-order valence-electron chi connectivity index (χ1n) is 4.66. The zero-order chi connectivity index (χ0) is 11.5. The van der Waals surface area contributed by atoms with Gasteiger partial charge in [-0.3, -0.25) is 4.57 Å². The van der Waals surface area contributed by atoms with E-state index in [0.29, 0.717) is 10.9 Å². The molecule has 1 heterocycles. The molecule has 0 radical (unpaired) electrons. The Balaban J connectivity index is 2.11. The van der Waals surface area contributed by atoms with E-state index in [4.69, 9.17) is 11.6 Å². The van der Waals surface area contributed by atoms with Gasteiger partial charge in [0.25, 0.3) is 0 Å². The second-order valence-electron chi connectivity index (χ2n) is 3.25. The molecule has 0 atom stereocenters. The molecule has 16 heavy (non-hydrogen) atoms. The first-order chi connectivity index (χ1) is 7.68. The van der Waals surface area contributed by atoms with Crippen LogP contribution in [0, 0.1) is 0 Å². The molecule has 1 N–H and O–H groups in total. The third kappa shape index (κ3) is 2.31. The van der Waals surface area contributed by atoms with Crippen LogP contribution in [-0.2, 0) is 12.8 Å². The van der Waals surface area contributed by atoms with E-state index in [0.717, 1.165) is 10.6 Å². The van der Waals surface area contributed by atoms with E-state index in [1.54, 1.807) is 7.05 Å². The zero-order valence-corrected chi connectivity index (χ0v) is 10.2. The van der Waals surface area contributed by atoms with E-state index in [9.17, 15) is 4.79 Å². The molecule has 1 aromatic carbocycles. The van der Waals surface area contributed by atoms with E-state index in [1.807, 2.05) is 24.3 Å². The van der Waals surface area contributed by atoms with Crippen molar-refractivity contribution in [2.24, 2.45) is 7.05 Å². The second kappa shape index (κ2) is 4.76. The highest BCUT2D eigenvalue weighted by Gasteiger charge is 2.06. The van der Waals surface area contributed by atoms with Crippen LogP contribution in [0.3, 0.4) is 0 Å². The Kier molecular flexibility index (Phi) is 3.36. The number of hydrogen-bond donors (Lipinski definition) is 1. The van der Waals surface area contributed by atoms with Gasteiger partial charge < -0.3 is 0 Å². The predicted molar refractivity (Wildman–Crippen MR) is 64.8 cm³/mol. The third-order valence-corrected chi connectivity index (χ3v) is 3.60. The first kappa shape index (κ1) is 11.3. The fraction of sp³-hybridized carbons (Fsp3) is 0.200. The molecular weight excluding hydrogens is 246 g/mol. The molecule has 0 aliphatic heterocycles. The Hall–Kier alpha value is -1.20. The lowest BCUT2D eigenvalue weighted by atomic mass is 10.2. The largest absolute Gasteiger partial charge is 0.343 e. The topological polar surface area (TPSA) is 50.7 Å². The van der Waals surface area contributed by atoms with Crippen LogP contribution >= 0.6 is 23.4 Å². The lowest BCUT2D eigenvalue weighted by Gasteiger charge is -2.02. The molecule has 0 fully saturated rings. The fourth-order valence-corrected chi connectivity index (χ4v) is 2.42. The van der Waals surface area contributed by atoms with Crippen LogP contribution in [0.15, 0.2) is 34.2 Å². The molecule has 2 aromatic rings. The second-order valence-corrected chi connectivity index (χ2v) is 4.60. The highest BCUT2D eigenvalue weighted by molar-refractivity contribution is 7.98. The Morgan fingerprint density at radius 1 is 1.50 bits per heavy atom. The predicted octanol–water partition coefficient (Wildman–Crippen LogP) is 2.05. The maximum Gasteiger partial charge on any atom is 0.343 e. The van der Waals surface area contributed by atoms with Crippen LogP contribution in [0.5, 0.6) is 0 Å². The number of nitrogens with one attached hydrogen (secondary N) is 1. The zero-order valence-electron chi connectivity index (χ0n) is 8.61. The molecule has 0 unspecified atom stereocenters. The van der Waals surface area contributed by atoms with Crippen molar-refractivity contribution in [2.45, 2.75) is 10.9 Å². The summed E-state index contributed by atoms with van der Waals surface area (Å²) in [5.74, 6) is 0.692. The lowest BCUT2D eigenvalue weighted by Crippen LogP contribution is -2.12. The van der Waals surface area contributed by atoms with E-state index in [-0.39, 0.29) is 5.69 Å². The molecule has 0 aliphatic carbocycles. The normalized spacial score (nSPS) is 10.6. The molecule has 2 rings (SSSR count). The minimum atomic E-state index is -0.207. The van der Waals surface area contributed by atoms with Gasteiger partial charge in [-0.1, -0.05) is 41.6 Å². The summed E-state index contributed by atoms with van der Waals surface area (Å²) in [6.07, 6.45) is 0. The summed E-state index contributed by atoms with van der Waals surface area (Å²) in [6.45, 7) is 0. The molecule has 0 spiro atoms. The van der Waals surface area contributed by atoms with Gasteiger partial charge in [0, 0.05) is 17.8 Å². The summed E-state index contributed by atoms with van der Waals surface area (Å²) in [5, 5.41) is 7.69. The number of rotatable bonds is 3. The Bertz CT molecular complexity index is 549. The number of halogens is 1. The highest BCUT2D eigenvalue weighted by atomic mass is 35.5. The number of thioether (sulfide) groups is 1. The fourth-order valence-electron chi connectivity index (χ4n) is 1.22. The van der Waals surface area contributed by atoms with Gasteiger partial charge >= 0.3 is 5.69 Å². The molecule has 1 aromatic heterocycles. The van der Waals surface area contributed by atoms with Gasteiger partial charge in [-0.05, 0) is 11.6 Å². The molecule has 0 aliphatic rings. The van der Waals surface area contributed by atoms with Crippen LogP contribution in [0.2, 0.25) is 5.02 Å². The standard InChI is InChI=1S/C10H10ClN3OS/c1-14-9(15)12-13-10(14)16-6-7-4-2-3-5-8(7)11/h2-5H,6H2,1H3,(H,12,15). The molecule has 0 saturated carbocycles. The van der Waals surface area contributed by atoms with E-state index in [2.05, 4.69) is 10.2 Å². The summed E-state index contributed by atoms with van der Waals surface area (Å²) in [4.78, 5) is 11.1. The van der Waals surface area contributed by atoms with Crippen LogP contribution in [0.1, 0.15) is 5.56 Å². The molecule has 0 saturated heterocycles. The average molecular weight is 256 g/mol. The number of hydrogen-bond acceptors (Lipinski definition) is 3. The summed E-state index contributed by atoms with van der Waals surface area (Å²) >= 11 is 7.50. The van der Waals surface area contributed by atoms with Gasteiger partial charge in [0.15, 0.2) is 5.16 Å². The van der Waals surface area contributed by atoms with Gasteiger partial charge in [-0.2, -0.15) is 0 Å². The van der Waals surface area contributed by atoms with Crippen molar-refractivity contribution in [1.82, 2.24) is 14.8 Å². The average Bonchev–Trinajstić information content (AvgIpc) is 2.59. The Morgan fingerprint density at radius 2 is 2.25 bits per heavy atom. The van der Waals surface area contributed by atoms with Gasteiger partial charge in [0.2, 0.25) is 0 Å². The van der Waals surface area contributed by atoms with Crippen LogP contribution in [0.25, 0.3) is 0 Å². The van der Waals surface area contributed by atoms with Gasteiger partial charge in [0.05, 0.1) is 0 Å². The van der Waals surface area contributed by atoms with Crippen LogP contribution in [-0.4, -0.2) is 14.8 Å². The Morgan fingerprint density at radius 3 is 2.88 bits per heavy atom. The summed E-state index contributed by atoms with van der Waals surface area (Å²) < 4.78 is 1.47. The molecule has 84 valence electrons. The van der Waals surface area contributed by atoms with E-state index >= 15 is 0 Å². The van der Waals surface area contributed by atoms with Crippen molar-refractivity contribution in [1.29, 1.82) is 0 Å². The molecule has 0 bridgehead atoms. The van der Waals surface area contributed by atoms with Crippen molar-refractivity contribution in [3.63, 3.8) is 0 Å². The number of aromatic nitrogens is 3. The monoisotopic (exact) mass is 255 g/mol. The Labute approximate surface area is 102 Å². The summed E-state index contributed by atoms with van der Waals surface area (Å²) in [5.41, 5.74) is 0.825. The number of benzene rings is 1. The van der Waals surface area contributed by atoms with Crippen molar-refractivity contribution in [3.8, 4) is 0 Å². The number of H-pyrrole nitrogens is 1. The van der Waals surface area contributed by atoms with E-state index < -0.39 is 0 Å². The molecule has 6 heteroatoms. The maximum absolute atomic E-state index is 11.1. The lowest BCUT2D eigenvalue weighted by molar-refractivity contribution is 0.766. The van der Waals surface area contributed by atoms with Crippen molar-refractivity contribution >= 4 is 23.4 Å². The quantitative estimate of drug-likeness (QED) is 0.854. The van der Waals surface area contributed by atoms with Crippen LogP contribution < -0.4 is 5.69 Å². The highest BCUT2D eigenvalue weighted by Crippen LogP contribution is 2.24. The van der Waals surface area contributed by atoms with Crippen molar-refractivity contribution < 1.29 is 0 Å². The van der Waals surface area contributed by atoms with Gasteiger partial charge in [-0.15, -0.1) is 5.10 Å². The van der Waals surface area contributed by atoms with E-state index in [1.165, 1.54) is 16.3 Å². The summed E-state index contributed by atoms with van der Waals surface area (Å²) in [6, 6.07) is 7.63. The van der Waals surface area contributed by atoms with Crippen molar-refractivity contribution in [2.75, 3.05) is 0 Å². The summed E-state index contributed by atoms with van der Waals surface area (Å²) in [7, 11) is 1.68.